The largest absolute Gasteiger partial charge is 0.441 e. The Hall–Kier alpha value is -2.39. The fourth-order valence-electron chi connectivity index (χ4n) is 3.96. The predicted octanol–water partition coefficient (Wildman–Crippen LogP) is 4.60. The van der Waals surface area contributed by atoms with Crippen LogP contribution >= 0.6 is 0 Å². The highest BCUT2D eigenvalue weighted by atomic mass is 16.4. The number of oxazole rings is 1. The molecule has 1 saturated carbocycles. The van der Waals surface area contributed by atoms with Crippen LogP contribution in [0.25, 0.3) is 11.5 Å². The first-order chi connectivity index (χ1) is 12.3. The molecular formula is C22H22N2O. The smallest absolute Gasteiger partial charge is 0.226 e. The molecule has 3 heteroatoms. The maximum atomic E-state index is 6.01. The number of fused-ring (bicyclic) bond motifs is 1. The molecule has 0 amide bonds. The van der Waals surface area contributed by atoms with Gasteiger partial charge in [0.1, 0.15) is 5.76 Å². The number of nitrogens with zero attached hydrogens (tertiary/aromatic N) is 2. The molecule has 2 unspecified atom stereocenters. The lowest BCUT2D eigenvalue weighted by Gasteiger charge is -2.19. The van der Waals surface area contributed by atoms with Crippen LogP contribution in [-0.4, -0.2) is 23.5 Å². The van der Waals surface area contributed by atoms with Crippen LogP contribution in [0.4, 0.5) is 0 Å². The molecule has 0 saturated heterocycles. The van der Waals surface area contributed by atoms with E-state index >= 15 is 0 Å². The second kappa shape index (κ2) is 5.85. The van der Waals surface area contributed by atoms with Crippen molar-refractivity contribution in [2.45, 2.75) is 31.2 Å². The number of hydrogen-bond acceptors (Lipinski definition) is 3. The Kier molecular flexibility index (Phi) is 3.49. The first-order valence-electron chi connectivity index (χ1n) is 9.10. The molecule has 2 aromatic carbocycles. The van der Waals surface area contributed by atoms with E-state index in [1.807, 2.05) is 0 Å². The van der Waals surface area contributed by atoms with Crippen LogP contribution in [0.1, 0.15) is 40.8 Å². The molecule has 0 N–H and O–H groups in total. The Morgan fingerprint density at radius 3 is 2.44 bits per heavy atom. The van der Waals surface area contributed by atoms with Crippen molar-refractivity contribution in [2.24, 2.45) is 0 Å². The molecule has 2 atom stereocenters. The normalized spacial score (nSPS) is 22.6. The molecule has 25 heavy (non-hydrogen) atoms. The van der Waals surface area contributed by atoms with E-state index < -0.39 is 0 Å². The Morgan fingerprint density at radius 2 is 1.68 bits per heavy atom. The molecule has 1 aliphatic heterocycles. The van der Waals surface area contributed by atoms with Crippen LogP contribution in [0.5, 0.6) is 0 Å². The molecule has 5 rings (SSSR count). The molecular weight excluding hydrogens is 308 g/mol. The average Bonchev–Trinajstić information content (AvgIpc) is 3.35. The van der Waals surface area contributed by atoms with E-state index in [0.717, 1.165) is 42.4 Å². The summed E-state index contributed by atoms with van der Waals surface area (Å²) in [6, 6.07) is 19.7. The molecule has 3 aromatic rings. The summed E-state index contributed by atoms with van der Waals surface area (Å²) in [7, 11) is 2.13. The van der Waals surface area contributed by atoms with Crippen molar-refractivity contribution in [1.82, 2.24) is 9.88 Å². The van der Waals surface area contributed by atoms with E-state index in [1.165, 1.54) is 17.5 Å². The van der Waals surface area contributed by atoms with Crippen molar-refractivity contribution in [3.8, 4) is 11.5 Å². The molecule has 1 fully saturated rings. The third-order valence-electron chi connectivity index (χ3n) is 5.52. The van der Waals surface area contributed by atoms with Crippen LogP contribution in [0.15, 0.2) is 59.0 Å². The molecule has 3 nitrogen and oxygen atoms in total. The lowest BCUT2D eigenvalue weighted by molar-refractivity contribution is 0.292. The lowest BCUT2D eigenvalue weighted by Crippen LogP contribution is -2.25. The van der Waals surface area contributed by atoms with E-state index in [-0.39, 0.29) is 0 Å². The Labute approximate surface area is 148 Å². The minimum Gasteiger partial charge on any atom is -0.441 e. The highest BCUT2D eigenvalue weighted by molar-refractivity contribution is 5.55. The minimum absolute atomic E-state index is 0.655. The number of aromatic nitrogens is 1. The van der Waals surface area contributed by atoms with Gasteiger partial charge in [-0.15, -0.1) is 0 Å². The van der Waals surface area contributed by atoms with Gasteiger partial charge in [-0.1, -0.05) is 42.5 Å². The topological polar surface area (TPSA) is 29.3 Å². The zero-order valence-corrected chi connectivity index (χ0v) is 14.5. The maximum Gasteiger partial charge on any atom is 0.226 e. The summed E-state index contributed by atoms with van der Waals surface area (Å²) in [5, 5.41) is 0. The van der Waals surface area contributed by atoms with Crippen LogP contribution < -0.4 is 0 Å². The van der Waals surface area contributed by atoms with Crippen molar-refractivity contribution in [1.29, 1.82) is 0 Å². The summed E-state index contributed by atoms with van der Waals surface area (Å²) >= 11 is 0. The summed E-state index contributed by atoms with van der Waals surface area (Å²) in [5.74, 6) is 3.16. The van der Waals surface area contributed by atoms with Gasteiger partial charge in [0.2, 0.25) is 5.89 Å². The summed E-state index contributed by atoms with van der Waals surface area (Å²) in [4.78, 5) is 7.00. The summed E-state index contributed by atoms with van der Waals surface area (Å²) in [6.45, 7) is 1.93. The number of hydrogen-bond donors (Lipinski definition) is 0. The van der Waals surface area contributed by atoms with Gasteiger partial charge in [-0.2, -0.15) is 0 Å². The first-order valence-corrected chi connectivity index (χ1v) is 9.10. The summed E-state index contributed by atoms with van der Waals surface area (Å²) in [6.07, 6.45) is 2.21. The van der Waals surface area contributed by atoms with E-state index in [1.54, 1.807) is 0 Å². The van der Waals surface area contributed by atoms with Gasteiger partial charge in [-0.25, -0.2) is 4.98 Å². The quantitative estimate of drug-likeness (QED) is 0.703. The number of benzene rings is 2. The van der Waals surface area contributed by atoms with Gasteiger partial charge in [0.15, 0.2) is 0 Å². The van der Waals surface area contributed by atoms with E-state index in [4.69, 9.17) is 9.40 Å². The first kappa shape index (κ1) is 14.9. The Morgan fingerprint density at radius 1 is 0.960 bits per heavy atom. The molecule has 1 aromatic heterocycles. The van der Waals surface area contributed by atoms with Crippen molar-refractivity contribution in [3.05, 3.63) is 77.2 Å². The number of rotatable bonds is 3. The van der Waals surface area contributed by atoms with Crippen molar-refractivity contribution >= 4 is 0 Å². The molecule has 0 bridgehead atoms. The van der Waals surface area contributed by atoms with E-state index in [2.05, 4.69) is 66.5 Å². The standard InChI is InChI=1S/C22H22N2O/c1-24-12-11-21-20(14-24)23-22(25-21)17-9-7-16(8-10-17)19-13-18(19)15-5-3-2-4-6-15/h2-10,18-19H,11-14H2,1H3. The van der Waals surface area contributed by atoms with Gasteiger partial charge >= 0.3 is 0 Å². The molecule has 0 spiro atoms. The van der Waals surface area contributed by atoms with Crippen LogP contribution in [0, 0.1) is 0 Å². The highest BCUT2D eigenvalue weighted by Gasteiger charge is 2.39. The van der Waals surface area contributed by atoms with Crippen LogP contribution in [-0.2, 0) is 13.0 Å². The van der Waals surface area contributed by atoms with Gasteiger partial charge in [-0.05, 0) is 48.6 Å². The average molecular weight is 330 g/mol. The van der Waals surface area contributed by atoms with Gasteiger partial charge in [0, 0.05) is 25.1 Å². The third-order valence-corrected chi connectivity index (χ3v) is 5.52. The number of likely N-dealkylation sites (N-methyl/N-ethyl adjacent to an activating group) is 1. The highest BCUT2D eigenvalue weighted by Crippen LogP contribution is 2.54. The van der Waals surface area contributed by atoms with Crippen molar-refractivity contribution in [3.63, 3.8) is 0 Å². The zero-order valence-electron chi connectivity index (χ0n) is 14.5. The van der Waals surface area contributed by atoms with Gasteiger partial charge in [-0.3, -0.25) is 4.90 Å². The molecule has 0 radical (unpaired) electrons. The third kappa shape index (κ3) is 2.79. The zero-order chi connectivity index (χ0) is 16.8. The van der Waals surface area contributed by atoms with Crippen LogP contribution in [0.3, 0.4) is 0 Å². The predicted molar refractivity (Wildman–Crippen MR) is 98.5 cm³/mol. The fraction of sp³-hybridized carbons (Fsp3) is 0.318. The fourth-order valence-corrected chi connectivity index (χ4v) is 3.96. The van der Waals surface area contributed by atoms with Crippen molar-refractivity contribution in [2.75, 3.05) is 13.6 Å². The molecule has 2 heterocycles. The monoisotopic (exact) mass is 330 g/mol. The maximum absolute atomic E-state index is 6.01. The van der Waals surface area contributed by atoms with E-state index in [0.29, 0.717) is 11.8 Å². The van der Waals surface area contributed by atoms with Gasteiger partial charge < -0.3 is 4.42 Å². The lowest BCUT2D eigenvalue weighted by atomic mass is 10.0. The second-order valence-corrected chi connectivity index (χ2v) is 7.36. The Bertz CT molecular complexity index is 882. The van der Waals surface area contributed by atoms with Crippen molar-refractivity contribution < 1.29 is 4.42 Å². The van der Waals surface area contributed by atoms with E-state index in [9.17, 15) is 0 Å². The molecule has 2 aliphatic rings. The minimum atomic E-state index is 0.655. The molecule has 1 aliphatic carbocycles. The Balaban J connectivity index is 1.35. The second-order valence-electron chi connectivity index (χ2n) is 7.36. The molecule has 126 valence electrons. The SMILES string of the molecule is CN1CCc2oc(-c3ccc(C4CC4c4ccccc4)cc3)nc2C1. The summed E-state index contributed by atoms with van der Waals surface area (Å²) < 4.78 is 6.01. The van der Waals surface area contributed by atoms with Gasteiger partial charge in [0.05, 0.1) is 5.69 Å². The van der Waals surface area contributed by atoms with Gasteiger partial charge in [0.25, 0.3) is 0 Å². The summed E-state index contributed by atoms with van der Waals surface area (Å²) in [5.41, 5.74) is 5.06. The van der Waals surface area contributed by atoms with Crippen LogP contribution in [0.2, 0.25) is 0 Å².